The molecule has 4 heteroatoms. The topological polar surface area (TPSA) is 29.3 Å². The molecule has 1 saturated carbocycles. The Labute approximate surface area is 119 Å². The van der Waals surface area contributed by atoms with Crippen molar-refractivity contribution in [2.75, 3.05) is 13.6 Å². The Morgan fingerprint density at radius 3 is 2.61 bits per heavy atom. The molecule has 1 aliphatic rings. The van der Waals surface area contributed by atoms with Gasteiger partial charge in [-0.3, -0.25) is 4.90 Å². The molecule has 0 heterocycles. The van der Waals surface area contributed by atoms with Gasteiger partial charge in [-0.15, -0.1) is 0 Å². The molecule has 1 aromatic rings. The van der Waals surface area contributed by atoms with Gasteiger partial charge in [0.15, 0.2) is 0 Å². The average Bonchev–Trinajstić information content (AvgIpc) is 2.88. The van der Waals surface area contributed by atoms with Crippen LogP contribution in [0.3, 0.4) is 0 Å². The largest absolute Gasteiger partial charge is 0.329 e. The van der Waals surface area contributed by atoms with Gasteiger partial charge in [0.2, 0.25) is 0 Å². The molecule has 2 N–H and O–H groups in total. The Bertz CT molecular complexity index is 403. The predicted octanol–water partition coefficient (Wildman–Crippen LogP) is 3.87. The van der Waals surface area contributed by atoms with E-state index in [0.717, 1.165) is 10.6 Å². The van der Waals surface area contributed by atoms with E-state index in [9.17, 15) is 0 Å². The molecule has 1 fully saturated rings. The predicted molar refractivity (Wildman–Crippen MR) is 78.3 cm³/mol. The Morgan fingerprint density at radius 2 is 2.00 bits per heavy atom. The second-order valence-corrected chi connectivity index (χ2v) is 5.86. The maximum Gasteiger partial charge on any atom is 0.0485 e. The van der Waals surface area contributed by atoms with Crippen molar-refractivity contribution in [3.05, 3.63) is 33.8 Å². The van der Waals surface area contributed by atoms with Gasteiger partial charge in [0.1, 0.15) is 0 Å². The van der Waals surface area contributed by atoms with Gasteiger partial charge in [-0.05, 0) is 43.7 Å². The van der Waals surface area contributed by atoms with Gasteiger partial charge in [0, 0.05) is 28.7 Å². The summed E-state index contributed by atoms with van der Waals surface area (Å²) in [5, 5.41) is 1.47. The lowest BCUT2D eigenvalue weighted by Crippen LogP contribution is -2.37. The summed E-state index contributed by atoms with van der Waals surface area (Å²) in [6.07, 6.45) is 5.14. The molecule has 0 amide bonds. The molecule has 1 atom stereocenters. The maximum atomic E-state index is 6.28. The van der Waals surface area contributed by atoms with Crippen molar-refractivity contribution < 1.29 is 0 Å². The van der Waals surface area contributed by atoms with E-state index in [0.29, 0.717) is 17.6 Å². The average molecular weight is 287 g/mol. The van der Waals surface area contributed by atoms with Crippen LogP contribution in [0.25, 0.3) is 0 Å². The molecular formula is C14H20Cl2N2. The van der Waals surface area contributed by atoms with Crippen LogP contribution in [0.15, 0.2) is 18.2 Å². The minimum absolute atomic E-state index is 0.152. The van der Waals surface area contributed by atoms with Crippen LogP contribution in [0.5, 0.6) is 0 Å². The lowest BCUT2D eigenvalue weighted by atomic mass is 10.0. The Hall–Kier alpha value is -0.280. The highest BCUT2D eigenvalue weighted by Gasteiger charge is 2.27. The molecule has 2 nitrogen and oxygen atoms in total. The highest BCUT2D eigenvalue weighted by molar-refractivity contribution is 6.33. The van der Waals surface area contributed by atoms with E-state index < -0.39 is 0 Å². The van der Waals surface area contributed by atoms with Crippen molar-refractivity contribution in [1.82, 2.24) is 4.90 Å². The summed E-state index contributed by atoms with van der Waals surface area (Å²) in [7, 11) is 2.14. The van der Waals surface area contributed by atoms with Gasteiger partial charge >= 0.3 is 0 Å². The minimum atomic E-state index is 0.152. The van der Waals surface area contributed by atoms with Crippen LogP contribution >= 0.6 is 23.2 Å². The molecular weight excluding hydrogens is 267 g/mol. The number of hydrogen-bond donors (Lipinski definition) is 1. The fourth-order valence-electron chi connectivity index (χ4n) is 2.85. The van der Waals surface area contributed by atoms with Crippen LogP contribution in [-0.4, -0.2) is 24.5 Å². The molecule has 0 bridgehead atoms. The quantitative estimate of drug-likeness (QED) is 0.911. The zero-order chi connectivity index (χ0) is 13.1. The number of halogens is 2. The highest BCUT2D eigenvalue weighted by atomic mass is 35.5. The van der Waals surface area contributed by atoms with Crippen LogP contribution in [0.4, 0.5) is 0 Å². The van der Waals surface area contributed by atoms with Gasteiger partial charge in [-0.1, -0.05) is 36.0 Å². The lowest BCUT2D eigenvalue weighted by Gasteiger charge is -2.33. The molecule has 0 saturated heterocycles. The molecule has 0 spiro atoms. The second kappa shape index (κ2) is 6.25. The Morgan fingerprint density at radius 1 is 1.33 bits per heavy atom. The van der Waals surface area contributed by atoms with Gasteiger partial charge < -0.3 is 5.73 Å². The van der Waals surface area contributed by atoms with Crippen LogP contribution in [0, 0.1) is 0 Å². The van der Waals surface area contributed by atoms with Crippen molar-refractivity contribution in [3.63, 3.8) is 0 Å². The van der Waals surface area contributed by atoms with Gasteiger partial charge in [-0.25, -0.2) is 0 Å². The molecule has 0 aromatic heterocycles. The van der Waals surface area contributed by atoms with E-state index in [1.165, 1.54) is 25.7 Å². The van der Waals surface area contributed by atoms with Crippen LogP contribution in [0.2, 0.25) is 10.0 Å². The first kappa shape index (κ1) is 14.1. The number of likely N-dealkylation sites (N-methyl/N-ethyl adjacent to an activating group) is 1. The van der Waals surface area contributed by atoms with Crippen LogP contribution in [0.1, 0.15) is 37.3 Å². The molecule has 2 rings (SSSR count). The maximum absolute atomic E-state index is 6.28. The monoisotopic (exact) mass is 286 g/mol. The summed E-state index contributed by atoms with van der Waals surface area (Å²) >= 11 is 12.3. The van der Waals surface area contributed by atoms with Crippen molar-refractivity contribution in [2.24, 2.45) is 5.73 Å². The standard InChI is InChI=1S/C14H20Cl2N2/c1-18(11-4-2-3-5-11)14(9-17)12-8-10(15)6-7-13(12)16/h6-8,11,14H,2-5,9,17H2,1H3. The molecule has 0 aliphatic heterocycles. The fourth-order valence-corrected chi connectivity index (χ4v) is 3.27. The van der Waals surface area contributed by atoms with Gasteiger partial charge in [0.05, 0.1) is 0 Å². The first-order chi connectivity index (χ1) is 8.63. The fraction of sp³-hybridized carbons (Fsp3) is 0.571. The second-order valence-electron chi connectivity index (χ2n) is 5.02. The molecule has 1 aliphatic carbocycles. The van der Waals surface area contributed by atoms with Gasteiger partial charge in [0.25, 0.3) is 0 Å². The van der Waals surface area contributed by atoms with E-state index in [4.69, 9.17) is 28.9 Å². The third-order valence-corrected chi connectivity index (χ3v) is 4.51. The Kier molecular flexibility index (Phi) is 4.91. The van der Waals surface area contributed by atoms with E-state index in [1.807, 2.05) is 18.2 Å². The highest BCUT2D eigenvalue weighted by Crippen LogP contribution is 2.33. The van der Waals surface area contributed by atoms with E-state index >= 15 is 0 Å². The van der Waals surface area contributed by atoms with Crippen molar-refractivity contribution >= 4 is 23.2 Å². The zero-order valence-corrected chi connectivity index (χ0v) is 12.2. The number of benzene rings is 1. The zero-order valence-electron chi connectivity index (χ0n) is 10.7. The molecule has 100 valence electrons. The first-order valence-electron chi connectivity index (χ1n) is 6.50. The minimum Gasteiger partial charge on any atom is -0.329 e. The summed E-state index contributed by atoms with van der Waals surface area (Å²) in [6.45, 7) is 0.563. The number of hydrogen-bond acceptors (Lipinski definition) is 2. The number of nitrogens with zero attached hydrogens (tertiary/aromatic N) is 1. The van der Waals surface area contributed by atoms with E-state index in [-0.39, 0.29) is 6.04 Å². The van der Waals surface area contributed by atoms with Gasteiger partial charge in [-0.2, -0.15) is 0 Å². The summed E-state index contributed by atoms with van der Waals surface area (Å²) in [6, 6.07) is 6.38. The number of nitrogens with two attached hydrogens (primary N) is 1. The number of rotatable bonds is 4. The molecule has 18 heavy (non-hydrogen) atoms. The van der Waals surface area contributed by atoms with Crippen molar-refractivity contribution in [3.8, 4) is 0 Å². The van der Waals surface area contributed by atoms with E-state index in [1.54, 1.807) is 0 Å². The molecule has 0 radical (unpaired) electrons. The first-order valence-corrected chi connectivity index (χ1v) is 7.26. The summed E-state index contributed by atoms with van der Waals surface area (Å²) in [5.74, 6) is 0. The summed E-state index contributed by atoms with van der Waals surface area (Å²) in [4.78, 5) is 2.37. The lowest BCUT2D eigenvalue weighted by molar-refractivity contribution is 0.179. The molecule has 1 aromatic carbocycles. The van der Waals surface area contributed by atoms with Crippen molar-refractivity contribution in [1.29, 1.82) is 0 Å². The third-order valence-electron chi connectivity index (χ3n) is 3.93. The summed E-state index contributed by atoms with van der Waals surface area (Å²) < 4.78 is 0. The SMILES string of the molecule is CN(C1CCCC1)C(CN)c1cc(Cl)ccc1Cl. The molecule has 1 unspecified atom stereocenters. The summed E-state index contributed by atoms with van der Waals surface area (Å²) in [5.41, 5.74) is 6.99. The van der Waals surface area contributed by atoms with Crippen LogP contribution in [-0.2, 0) is 0 Å². The third kappa shape index (κ3) is 3.00. The van der Waals surface area contributed by atoms with Crippen molar-refractivity contribution in [2.45, 2.75) is 37.8 Å². The Balaban J connectivity index is 2.23. The smallest absolute Gasteiger partial charge is 0.0485 e. The normalized spacial score (nSPS) is 18.5. The van der Waals surface area contributed by atoms with Crippen LogP contribution < -0.4 is 5.73 Å². The van der Waals surface area contributed by atoms with E-state index in [2.05, 4.69) is 11.9 Å².